The third-order valence-corrected chi connectivity index (χ3v) is 3.71. The Labute approximate surface area is 109 Å². The second-order valence-electron chi connectivity index (χ2n) is 4.65. The molecule has 6 heteroatoms. The molecule has 0 aliphatic carbocycles. The summed E-state index contributed by atoms with van der Waals surface area (Å²) in [5.74, 6) is 1.95. The lowest BCUT2D eigenvalue weighted by molar-refractivity contribution is -0.0587. The third kappa shape index (κ3) is 2.00. The molecular formula is C13H15FN2O3. The van der Waals surface area contributed by atoms with E-state index < -0.39 is 35.2 Å². The average molecular weight is 266 g/mol. The summed E-state index contributed by atoms with van der Waals surface area (Å²) in [6, 6.07) is 1.14. The molecule has 2 heterocycles. The van der Waals surface area contributed by atoms with Crippen molar-refractivity contribution in [3.05, 3.63) is 33.1 Å². The molecule has 2 rings (SSSR count). The molecule has 5 nitrogen and oxygen atoms in total. The number of halogens is 1. The Balaban J connectivity index is 2.46. The van der Waals surface area contributed by atoms with Crippen molar-refractivity contribution < 1.29 is 9.13 Å². The van der Waals surface area contributed by atoms with Crippen LogP contribution in [0.2, 0.25) is 0 Å². The molecule has 0 unspecified atom stereocenters. The minimum Gasteiger partial charge on any atom is -0.335 e. The Morgan fingerprint density at radius 1 is 1.63 bits per heavy atom. The zero-order chi connectivity index (χ0) is 14.2. The zero-order valence-corrected chi connectivity index (χ0v) is 10.7. The SMILES string of the molecule is C#C[C@]1(CC)O[C@@H](n2ccc(=O)[nH]c2=O)[C@H](F)[C@@H]1C. The lowest BCUT2D eigenvalue weighted by Gasteiger charge is -2.25. The number of nitrogens with zero attached hydrogens (tertiary/aromatic N) is 1. The first-order valence-corrected chi connectivity index (χ1v) is 6.06. The second kappa shape index (κ2) is 4.67. The van der Waals surface area contributed by atoms with Crippen LogP contribution in [0.4, 0.5) is 4.39 Å². The van der Waals surface area contributed by atoms with Gasteiger partial charge in [-0.15, -0.1) is 6.42 Å². The van der Waals surface area contributed by atoms with Gasteiger partial charge in [-0.25, -0.2) is 9.18 Å². The van der Waals surface area contributed by atoms with Gasteiger partial charge in [0.2, 0.25) is 0 Å². The number of rotatable bonds is 2. The minimum atomic E-state index is -1.42. The fraction of sp³-hybridized carbons (Fsp3) is 0.538. The fourth-order valence-corrected chi connectivity index (χ4v) is 2.40. The maximum absolute atomic E-state index is 14.3. The Morgan fingerprint density at radius 2 is 2.32 bits per heavy atom. The highest BCUT2D eigenvalue weighted by atomic mass is 19.1. The fourth-order valence-electron chi connectivity index (χ4n) is 2.40. The molecule has 1 aliphatic heterocycles. The highest BCUT2D eigenvalue weighted by molar-refractivity contribution is 5.16. The van der Waals surface area contributed by atoms with Crippen LogP contribution in [0.15, 0.2) is 21.9 Å². The molecule has 102 valence electrons. The molecule has 1 N–H and O–H groups in total. The van der Waals surface area contributed by atoms with Gasteiger partial charge in [-0.1, -0.05) is 19.8 Å². The van der Waals surface area contributed by atoms with Crippen LogP contribution in [-0.4, -0.2) is 21.3 Å². The Kier molecular flexibility index (Phi) is 3.33. The number of hydrogen-bond donors (Lipinski definition) is 1. The van der Waals surface area contributed by atoms with Crippen LogP contribution < -0.4 is 11.2 Å². The largest absolute Gasteiger partial charge is 0.335 e. The number of hydrogen-bond acceptors (Lipinski definition) is 3. The molecule has 0 saturated carbocycles. The van der Waals surface area contributed by atoms with Crippen LogP contribution in [0.3, 0.4) is 0 Å². The Morgan fingerprint density at radius 3 is 2.79 bits per heavy atom. The van der Waals surface area contributed by atoms with Crippen LogP contribution in [0.1, 0.15) is 26.5 Å². The summed E-state index contributed by atoms with van der Waals surface area (Å²) in [6.07, 6.45) is 4.57. The summed E-state index contributed by atoms with van der Waals surface area (Å²) >= 11 is 0. The van der Waals surface area contributed by atoms with Crippen molar-refractivity contribution >= 4 is 0 Å². The van der Waals surface area contributed by atoms with E-state index in [9.17, 15) is 14.0 Å². The van der Waals surface area contributed by atoms with Gasteiger partial charge in [0, 0.05) is 18.2 Å². The van der Waals surface area contributed by atoms with Crippen LogP contribution >= 0.6 is 0 Å². The number of ether oxygens (including phenoxy) is 1. The molecule has 0 bridgehead atoms. The van der Waals surface area contributed by atoms with Gasteiger partial charge in [-0.05, 0) is 6.42 Å². The highest BCUT2D eigenvalue weighted by Gasteiger charge is 2.52. The van der Waals surface area contributed by atoms with Crippen molar-refractivity contribution in [3.63, 3.8) is 0 Å². The summed E-state index contributed by atoms with van der Waals surface area (Å²) < 4.78 is 21.0. The predicted molar refractivity (Wildman–Crippen MR) is 67.4 cm³/mol. The van der Waals surface area contributed by atoms with Gasteiger partial charge in [-0.2, -0.15) is 0 Å². The molecule has 0 spiro atoms. The summed E-state index contributed by atoms with van der Waals surface area (Å²) in [7, 11) is 0. The smallest absolute Gasteiger partial charge is 0.330 e. The van der Waals surface area contributed by atoms with Crippen molar-refractivity contribution in [2.24, 2.45) is 5.92 Å². The zero-order valence-electron chi connectivity index (χ0n) is 10.7. The summed E-state index contributed by atoms with van der Waals surface area (Å²) in [5.41, 5.74) is -2.28. The molecule has 0 amide bonds. The van der Waals surface area contributed by atoms with Gasteiger partial charge >= 0.3 is 5.69 Å². The van der Waals surface area contributed by atoms with Crippen LogP contribution in [0.5, 0.6) is 0 Å². The van der Waals surface area contributed by atoms with Gasteiger partial charge in [0.05, 0.1) is 0 Å². The van der Waals surface area contributed by atoms with Gasteiger partial charge < -0.3 is 4.74 Å². The highest BCUT2D eigenvalue weighted by Crippen LogP contribution is 2.44. The maximum atomic E-state index is 14.3. The molecule has 0 radical (unpaired) electrons. The number of terminal acetylenes is 1. The summed E-state index contributed by atoms with van der Waals surface area (Å²) in [4.78, 5) is 24.8. The predicted octanol–water partition coefficient (Wildman–Crippen LogP) is 0.822. The number of nitrogens with one attached hydrogen (secondary N) is 1. The normalized spacial score (nSPS) is 34.1. The van der Waals surface area contributed by atoms with E-state index in [-0.39, 0.29) is 0 Å². The first-order chi connectivity index (χ1) is 8.95. The molecule has 1 saturated heterocycles. The average Bonchev–Trinajstić information content (AvgIpc) is 2.64. The first-order valence-electron chi connectivity index (χ1n) is 6.06. The molecule has 1 aromatic heterocycles. The quantitative estimate of drug-likeness (QED) is 0.806. The molecule has 0 aromatic carbocycles. The van der Waals surface area contributed by atoms with Crippen molar-refractivity contribution in [1.82, 2.24) is 9.55 Å². The number of H-pyrrole nitrogens is 1. The number of aromatic nitrogens is 2. The van der Waals surface area contributed by atoms with Gasteiger partial charge in [0.25, 0.3) is 5.56 Å². The summed E-state index contributed by atoms with van der Waals surface area (Å²) in [5, 5.41) is 0. The molecule has 1 aromatic rings. The van der Waals surface area contributed by atoms with E-state index in [1.807, 2.05) is 0 Å². The van der Waals surface area contributed by atoms with Crippen molar-refractivity contribution in [1.29, 1.82) is 0 Å². The van der Waals surface area contributed by atoms with E-state index in [0.29, 0.717) is 6.42 Å². The lowest BCUT2D eigenvalue weighted by Crippen LogP contribution is -2.34. The third-order valence-electron chi connectivity index (χ3n) is 3.71. The first kappa shape index (κ1) is 13.6. The molecule has 1 aliphatic rings. The number of aromatic amines is 1. The maximum Gasteiger partial charge on any atom is 0.330 e. The Bertz CT molecular complexity index is 630. The van der Waals surface area contributed by atoms with Gasteiger partial charge in [0.1, 0.15) is 5.60 Å². The van der Waals surface area contributed by atoms with E-state index in [2.05, 4.69) is 10.9 Å². The van der Waals surface area contributed by atoms with Crippen LogP contribution in [0, 0.1) is 18.3 Å². The van der Waals surface area contributed by atoms with Gasteiger partial charge in [0.15, 0.2) is 12.4 Å². The topological polar surface area (TPSA) is 64.1 Å². The van der Waals surface area contributed by atoms with E-state index in [1.165, 1.54) is 6.20 Å². The van der Waals surface area contributed by atoms with E-state index >= 15 is 0 Å². The van der Waals surface area contributed by atoms with Crippen LogP contribution in [0.25, 0.3) is 0 Å². The van der Waals surface area contributed by atoms with Gasteiger partial charge in [-0.3, -0.25) is 14.3 Å². The van der Waals surface area contributed by atoms with Crippen LogP contribution in [-0.2, 0) is 4.74 Å². The van der Waals surface area contributed by atoms with Crippen molar-refractivity contribution in [3.8, 4) is 12.3 Å². The molecular weight excluding hydrogens is 251 g/mol. The molecule has 4 atom stereocenters. The van der Waals surface area contributed by atoms with E-state index in [4.69, 9.17) is 11.2 Å². The van der Waals surface area contributed by atoms with Crippen molar-refractivity contribution in [2.45, 2.75) is 38.3 Å². The van der Waals surface area contributed by atoms with E-state index in [1.54, 1.807) is 13.8 Å². The van der Waals surface area contributed by atoms with E-state index in [0.717, 1.165) is 10.6 Å². The van der Waals surface area contributed by atoms with Crippen molar-refractivity contribution in [2.75, 3.05) is 0 Å². The summed E-state index contributed by atoms with van der Waals surface area (Å²) in [6.45, 7) is 3.46. The second-order valence-corrected chi connectivity index (χ2v) is 4.65. The standard InChI is InChI=1S/C13H15FN2O3/c1-4-13(5-2)8(3)10(14)11(19-13)16-7-6-9(17)15-12(16)18/h1,6-8,10-11H,5H2,2-3H3,(H,15,17,18)/t8-,10+,11+,13+/m0/s1. The minimum absolute atomic E-state index is 0.444. The molecule has 1 fully saturated rings. The Hall–Kier alpha value is -1.87. The molecule has 19 heavy (non-hydrogen) atoms. The monoisotopic (exact) mass is 266 g/mol. The lowest BCUT2D eigenvalue weighted by atomic mass is 9.86. The number of alkyl halides is 1.